The second kappa shape index (κ2) is 13.6. The van der Waals surface area contributed by atoms with Crippen molar-refractivity contribution in [3.05, 3.63) is 131 Å². The molecule has 2 heterocycles. The number of fused-ring (bicyclic) bond motifs is 1. The van der Waals surface area contributed by atoms with Gasteiger partial charge in [-0.25, -0.2) is 27.2 Å². The minimum atomic E-state index is -3.50. The van der Waals surface area contributed by atoms with E-state index in [1.807, 2.05) is 11.0 Å². The maximum absolute atomic E-state index is 15.8. The van der Waals surface area contributed by atoms with Crippen LogP contribution in [0.3, 0.4) is 0 Å². The smallest absolute Gasteiger partial charge is 0.179 e. The van der Waals surface area contributed by atoms with E-state index in [4.69, 9.17) is 21.1 Å². The molecule has 1 aliphatic rings. The summed E-state index contributed by atoms with van der Waals surface area (Å²) in [6, 6.07) is 22.6. The van der Waals surface area contributed by atoms with Crippen molar-refractivity contribution in [2.45, 2.75) is 23.5 Å². The molecule has 0 bridgehead atoms. The van der Waals surface area contributed by atoms with Gasteiger partial charge in [0, 0.05) is 42.2 Å². The summed E-state index contributed by atoms with van der Waals surface area (Å²) >= 11 is 6.51. The Morgan fingerprint density at radius 2 is 1.85 bits per heavy atom. The fourth-order valence-electron chi connectivity index (χ4n) is 5.51. The molecule has 0 saturated carbocycles. The Bertz CT molecular complexity index is 2040. The third-order valence-corrected chi connectivity index (χ3v) is 9.91. The molecule has 1 atom stereocenters. The molecular weight excluding hydrogens is 646 g/mol. The summed E-state index contributed by atoms with van der Waals surface area (Å²) in [6.07, 6.45) is 5.08. The van der Waals surface area contributed by atoms with Gasteiger partial charge in [0.1, 0.15) is 36.1 Å². The van der Waals surface area contributed by atoms with Crippen LogP contribution in [0.5, 0.6) is 5.75 Å². The summed E-state index contributed by atoms with van der Waals surface area (Å²) in [5, 5.41) is 4.13. The number of halogens is 3. The molecule has 12 heteroatoms. The van der Waals surface area contributed by atoms with Crippen molar-refractivity contribution in [3.63, 3.8) is 0 Å². The Labute approximate surface area is 276 Å². The first-order valence-electron chi connectivity index (χ1n) is 14.8. The number of benzene rings is 4. The normalized spacial score (nSPS) is 16.0. The maximum Gasteiger partial charge on any atom is 0.179 e. The van der Waals surface area contributed by atoms with Gasteiger partial charge >= 0.3 is 0 Å². The van der Waals surface area contributed by atoms with Crippen LogP contribution in [0.2, 0.25) is 5.02 Å². The Hall–Kier alpha value is -4.58. The fourth-order valence-corrected chi connectivity index (χ4v) is 7.10. The van der Waals surface area contributed by atoms with Gasteiger partial charge in [-0.3, -0.25) is 0 Å². The first-order valence-corrected chi connectivity index (χ1v) is 16.8. The molecule has 1 aliphatic heterocycles. The van der Waals surface area contributed by atoms with Crippen LogP contribution in [-0.4, -0.2) is 49.2 Å². The van der Waals surface area contributed by atoms with Crippen LogP contribution < -0.4 is 10.1 Å². The molecule has 0 saturated heterocycles. The highest BCUT2D eigenvalue weighted by Crippen LogP contribution is 2.40. The van der Waals surface area contributed by atoms with Crippen LogP contribution in [0, 0.1) is 11.6 Å². The zero-order valence-corrected chi connectivity index (χ0v) is 26.9. The molecule has 6 rings (SSSR count). The highest BCUT2D eigenvalue weighted by Gasteiger charge is 2.39. The first kappa shape index (κ1) is 32.4. The number of nitrogens with one attached hydrogen (secondary N) is 1. The van der Waals surface area contributed by atoms with Gasteiger partial charge in [0.15, 0.2) is 15.4 Å². The van der Waals surface area contributed by atoms with E-state index in [1.54, 1.807) is 80.0 Å². The molecule has 0 spiro atoms. The Morgan fingerprint density at radius 1 is 1.02 bits per heavy atom. The van der Waals surface area contributed by atoms with Gasteiger partial charge in [-0.05, 0) is 67.2 Å². The number of rotatable bonds is 12. The predicted molar refractivity (Wildman–Crippen MR) is 177 cm³/mol. The number of nitrogens with zero attached hydrogens (tertiary/aromatic N) is 3. The molecule has 47 heavy (non-hydrogen) atoms. The highest BCUT2D eigenvalue weighted by molar-refractivity contribution is 7.91. The molecule has 0 fully saturated rings. The Morgan fingerprint density at radius 3 is 2.60 bits per heavy atom. The highest BCUT2D eigenvalue weighted by atomic mass is 35.5. The third-order valence-electron chi connectivity index (χ3n) is 7.90. The van der Waals surface area contributed by atoms with E-state index in [9.17, 15) is 12.8 Å². The van der Waals surface area contributed by atoms with Gasteiger partial charge < -0.3 is 19.7 Å². The lowest BCUT2D eigenvalue weighted by atomic mass is 9.89. The number of likely N-dealkylation sites (N-methyl/N-ethyl adjacent to an activating group) is 1. The molecule has 1 unspecified atom stereocenters. The standard InChI is InChI=1S/C35H31ClF2N4O4S/c1-42(14-16-47(43,44)27-9-3-2-4-10-27)22-35(13-6-15-46-35)29-19-28-32(20-31(29)38)39-23-40-34(28)41-26-11-12-33(30(36)18-26)45-21-24-7-5-8-25(37)17-24/h2-12,15,17-20,23H,13-14,16,21-22H2,1H3,(H,39,40,41). The minimum absolute atomic E-state index is 0.101. The van der Waals surface area contributed by atoms with Crippen LogP contribution in [0.15, 0.2) is 108 Å². The summed E-state index contributed by atoms with van der Waals surface area (Å²) < 4.78 is 66.9. The lowest BCUT2D eigenvalue weighted by Crippen LogP contribution is -2.41. The molecule has 1 N–H and O–H groups in total. The lowest BCUT2D eigenvalue weighted by molar-refractivity contribution is 0.00936. The van der Waals surface area contributed by atoms with Crippen molar-refractivity contribution in [1.29, 1.82) is 0 Å². The topological polar surface area (TPSA) is 93.7 Å². The number of hydrogen-bond donors (Lipinski definition) is 1. The van der Waals surface area contributed by atoms with Crippen molar-refractivity contribution in [2.24, 2.45) is 0 Å². The summed E-state index contributed by atoms with van der Waals surface area (Å²) in [7, 11) is -1.71. The van der Waals surface area contributed by atoms with Crippen LogP contribution in [0.1, 0.15) is 17.5 Å². The van der Waals surface area contributed by atoms with E-state index in [2.05, 4.69) is 15.3 Å². The second-order valence-electron chi connectivity index (χ2n) is 11.3. The number of ether oxygens (including phenoxy) is 2. The molecule has 0 aliphatic carbocycles. The molecule has 1 aromatic heterocycles. The summed E-state index contributed by atoms with van der Waals surface area (Å²) in [5.41, 5.74) is 0.854. The van der Waals surface area contributed by atoms with Gasteiger partial charge in [0.25, 0.3) is 0 Å². The second-order valence-corrected chi connectivity index (χ2v) is 13.8. The summed E-state index contributed by atoms with van der Waals surface area (Å²) in [4.78, 5) is 10.8. The quantitative estimate of drug-likeness (QED) is 0.146. The molecule has 0 radical (unpaired) electrons. The van der Waals surface area contributed by atoms with Crippen molar-refractivity contribution in [3.8, 4) is 5.75 Å². The molecule has 242 valence electrons. The fraction of sp³-hybridized carbons (Fsp3) is 0.200. The SMILES string of the molecule is CN(CCS(=O)(=O)c1ccccc1)CC1(c2cc3c(Nc4ccc(OCc5cccc(F)c5)c(Cl)c4)ncnc3cc2F)CC=CO1. The average molecular weight is 677 g/mol. The lowest BCUT2D eigenvalue weighted by Gasteiger charge is -2.34. The van der Waals surface area contributed by atoms with Gasteiger partial charge in [-0.1, -0.05) is 41.9 Å². The van der Waals surface area contributed by atoms with Gasteiger partial charge in [-0.2, -0.15) is 0 Å². The average Bonchev–Trinajstić information content (AvgIpc) is 3.53. The third kappa shape index (κ3) is 7.38. The van der Waals surface area contributed by atoms with Crippen molar-refractivity contribution in [1.82, 2.24) is 14.9 Å². The van der Waals surface area contributed by atoms with Crippen molar-refractivity contribution in [2.75, 3.05) is 31.2 Å². The van der Waals surface area contributed by atoms with E-state index in [0.717, 1.165) is 0 Å². The van der Waals surface area contributed by atoms with E-state index < -0.39 is 21.3 Å². The first-order chi connectivity index (χ1) is 22.6. The maximum atomic E-state index is 15.8. The summed E-state index contributed by atoms with van der Waals surface area (Å²) in [5.74, 6) is -0.106. The van der Waals surface area contributed by atoms with Crippen LogP contribution in [0.25, 0.3) is 10.9 Å². The van der Waals surface area contributed by atoms with Crippen LogP contribution in [-0.2, 0) is 26.8 Å². The summed E-state index contributed by atoms with van der Waals surface area (Å²) in [6.45, 7) is 0.595. The monoisotopic (exact) mass is 676 g/mol. The number of sulfone groups is 1. The zero-order valence-electron chi connectivity index (χ0n) is 25.4. The minimum Gasteiger partial charge on any atom is -0.489 e. The van der Waals surface area contributed by atoms with Crippen LogP contribution in [0.4, 0.5) is 20.3 Å². The van der Waals surface area contributed by atoms with Crippen molar-refractivity contribution < 1.29 is 26.7 Å². The van der Waals surface area contributed by atoms with Gasteiger partial charge in [0.05, 0.1) is 27.4 Å². The number of hydrogen-bond acceptors (Lipinski definition) is 8. The molecule has 4 aromatic carbocycles. The Kier molecular flexibility index (Phi) is 9.40. The van der Waals surface area contributed by atoms with Crippen LogP contribution >= 0.6 is 11.6 Å². The van der Waals surface area contributed by atoms with E-state index in [1.165, 1.54) is 24.5 Å². The largest absolute Gasteiger partial charge is 0.489 e. The number of aromatic nitrogens is 2. The molecular formula is C35H31ClF2N4O4S. The molecule has 5 aromatic rings. The Balaban J connectivity index is 1.22. The van der Waals surface area contributed by atoms with Gasteiger partial charge in [0.2, 0.25) is 0 Å². The van der Waals surface area contributed by atoms with E-state index in [-0.39, 0.29) is 36.2 Å². The zero-order chi connectivity index (χ0) is 33.0. The predicted octanol–water partition coefficient (Wildman–Crippen LogP) is 7.42. The van der Waals surface area contributed by atoms with Gasteiger partial charge in [-0.15, -0.1) is 0 Å². The molecule has 0 amide bonds. The number of anilines is 2. The van der Waals surface area contributed by atoms with E-state index in [0.29, 0.717) is 50.7 Å². The van der Waals surface area contributed by atoms with Crippen molar-refractivity contribution >= 4 is 43.8 Å². The molecule has 8 nitrogen and oxygen atoms in total. The van der Waals surface area contributed by atoms with E-state index >= 15 is 4.39 Å².